The summed E-state index contributed by atoms with van der Waals surface area (Å²) in [4.78, 5) is 0. The van der Waals surface area contributed by atoms with Crippen LogP contribution in [0.4, 0.5) is 0 Å². The van der Waals surface area contributed by atoms with Gasteiger partial charge in [0.25, 0.3) is 0 Å². The lowest BCUT2D eigenvalue weighted by Crippen LogP contribution is -2.16. The molecule has 0 saturated heterocycles. The highest BCUT2D eigenvalue weighted by Crippen LogP contribution is 2.47. The summed E-state index contributed by atoms with van der Waals surface area (Å²) in [5.41, 5.74) is 4.99. The summed E-state index contributed by atoms with van der Waals surface area (Å²) in [6.07, 6.45) is 4.74. The Labute approximate surface area is 210 Å². The largest absolute Gasteiger partial charge is 0.317 e. The fourth-order valence-corrected chi connectivity index (χ4v) is 6.88. The fourth-order valence-electron chi connectivity index (χ4n) is 6.88. The minimum absolute atomic E-state index is 0.0359. The molecule has 36 heavy (non-hydrogen) atoms. The van der Waals surface area contributed by atoms with Crippen LogP contribution in [0.1, 0.15) is 38.8 Å². The van der Waals surface area contributed by atoms with Gasteiger partial charge in [0, 0.05) is 55.4 Å². The van der Waals surface area contributed by atoms with E-state index in [1.165, 1.54) is 76.0 Å². The maximum Gasteiger partial charge on any atom is 0.0541 e. The van der Waals surface area contributed by atoms with Crippen LogP contribution in [0, 0.1) is 0 Å². The number of benzene rings is 5. The predicted molar refractivity (Wildman–Crippen MR) is 161 cm³/mol. The van der Waals surface area contributed by atoms with Crippen LogP contribution in [0.2, 0.25) is 0 Å². The van der Waals surface area contributed by atoms with Gasteiger partial charge in [-0.25, -0.2) is 0 Å². The second-order valence-corrected chi connectivity index (χ2v) is 11.2. The van der Waals surface area contributed by atoms with Gasteiger partial charge < -0.3 is 9.13 Å². The van der Waals surface area contributed by atoms with Gasteiger partial charge in [-0.15, -0.1) is 0 Å². The number of aryl methyl sites for hydroxylation is 1. The van der Waals surface area contributed by atoms with Gasteiger partial charge in [-0.3, -0.25) is 0 Å². The lowest BCUT2D eigenvalue weighted by Gasteiger charge is -2.23. The molecule has 0 unspecified atom stereocenters. The van der Waals surface area contributed by atoms with Crippen molar-refractivity contribution in [3.8, 4) is 0 Å². The van der Waals surface area contributed by atoms with Gasteiger partial charge in [0.1, 0.15) is 0 Å². The van der Waals surface area contributed by atoms with Crippen molar-refractivity contribution in [2.24, 2.45) is 0 Å². The summed E-state index contributed by atoms with van der Waals surface area (Å²) in [5, 5.41) is 15.1. The standard InChI is InChI=1S/C34H30N2/c1-9-20-16-23-21-12-15-27-33-29(19(5)36(27)11-3)25(34(6,7)8)17-24(31(21)33)22-13-14-26-32(30(22)23)28(20)18(4)35(26)10-2/h10-17H,2-5,9H2,1,6-8H3. The summed E-state index contributed by atoms with van der Waals surface area (Å²) in [5.74, 6) is 0. The lowest BCUT2D eigenvalue weighted by atomic mass is 9.79. The predicted octanol–water partition coefficient (Wildman–Crippen LogP) is 7.97. The number of hydrogen-bond acceptors (Lipinski definition) is 0. The second kappa shape index (κ2) is 6.59. The van der Waals surface area contributed by atoms with Crippen molar-refractivity contribution in [1.29, 1.82) is 0 Å². The van der Waals surface area contributed by atoms with Crippen molar-refractivity contribution in [3.63, 3.8) is 0 Å². The van der Waals surface area contributed by atoms with E-state index in [0.29, 0.717) is 0 Å². The van der Waals surface area contributed by atoms with Crippen molar-refractivity contribution < 1.29 is 0 Å². The van der Waals surface area contributed by atoms with Gasteiger partial charge in [0.15, 0.2) is 0 Å². The minimum atomic E-state index is -0.0359. The van der Waals surface area contributed by atoms with Crippen LogP contribution in [0.3, 0.4) is 0 Å². The molecular weight excluding hydrogens is 436 g/mol. The summed E-state index contributed by atoms with van der Waals surface area (Å²) in [6.45, 7) is 26.3. The molecule has 5 aromatic carbocycles. The Balaban J connectivity index is 1.90. The number of nitrogens with zero attached hydrogens (tertiary/aromatic N) is 2. The number of rotatable bonds is 3. The van der Waals surface area contributed by atoms with Gasteiger partial charge in [0.05, 0.1) is 11.0 Å². The monoisotopic (exact) mass is 466 g/mol. The Morgan fingerprint density at radius 2 is 1.17 bits per heavy atom. The molecule has 0 radical (unpaired) electrons. The summed E-state index contributed by atoms with van der Waals surface area (Å²) in [7, 11) is 0. The van der Waals surface area contributed by atoms with Crippen LogP contribution in [0.15, 0.2) is 49.6 Å². The first kappa shape index (κ1) is 21.3. The zero-order valence-electron chi connectivity index (χ0n) is 21.5. The zero-order chi connectivity index (χ0) is 25.3. The quantitative estimate of drug-likeness (QED) is 0.185. The van der Waals surface area contributed by atoms with Gasteiger partial charge in [0.2, 0.25) is 0 Å². The Bertz CT molecular complexity index is 2170. The van der Waals surface area contributed by atoms with Crippen LogP contribution >= 0.6 is 0 Å². The van der Waals surface area contributed by atoms with E-state index in [1.807, 2.05) is 12.4 Å². The molecule has 0 aliphatic rings. The van der Waals surface area contributed by atoms with E-state index >= 15 is 0 Å². The first-order chi connectivity index (χ1) is 17.2. The first-order valence-corrected chi connectivity index (χ1v) is 12.7. The minimum Gasteiger partial charge on any atom is -0.317 e. The van der Waals surface area contributed by atoms with E-state index in [2.05, 4.69) is 99.5 Å². The molecule has 0 fully saturated rings. The third-order valence-electron chi connectivity index (χ3n) is 8.42. The van der Waals surface area contributed by atoms with Gasteiger partial charge in [-0.1, -0.05) is 66.1 Å². The SMILES string of the molecule is C=Cn1c(=C)c2c(CC)cc3c4ccc5c6c(c(C(C)(C)C)cc(c7ccc1c2c37)c46)c(=C)n5C=C. The molecule has 0 amide bonds. The number of hydrogen-bond donors (Lipinski definition) is 0. The van der Waals surface area contributed by atoms with Crippen molar-refractivity contribution in [2.75, 3.05) is 0 Å². The second-order valence-electron chi connectivity index (χ2n) is 11.2. The van der Waals surface area contributed by atoms with Gasteiger partial charge in [-0.2, -0.15) is 0 Å². The van der Waals surface area contributed by atoms with Gasteiger partial charge >= 0.3 is 0 Å². The highest BCUT2D eigenvalue weighted by molar-refractivity contribution is 6.40. The Morgan fingerprint density at radius 1 is 0.667 bits per heavy atom. The van der Waals surface area contributed by atoms with Crippen molar-refractivity contribution in [1.82, 2.24) is 9.13 Å². The topological polar surface area (TPSA) is 9.86 Å². The molecule has 0 aliphatic heterocycles. The molecule has 2 aromatic heterocycles. The Morgan fingerprint density at radius 3 is 1.67 bits per heavy atom. The zero-order valence-corrected chi connectivity index (χ0v) is 21.5. The summed E-state index contributed by atoms with van der Waals surface area (Å²) in [6, 6.07) is 14.0. The molecule has 0 atom stereocenters. The molecular formula is C34H30N2. The lowest BCUT2D eigenvalue weighted by molar-refractivity contribution is 0.596. The van der Waals surface area contributed by atoms with Crippen LogP contribution < -0.4 is 10.7 Å². The smallest absolute Gasteiger partial charge is 0.0541 e. The van der Waals surface area contributed by atoms with E-state index in [4.69, 9.17) is 0 Å². The van der Waals surface area contributed by atoms with E-state index in [1.54, 1.807) is 0 Å². The van der Waals surface area contributed by atoms with E-state index in [0.717, 1.165) is 17.1 Å². The van der Waals surface area contributed by atoms with E-state index < -0.39 is 0 Å². The third-order valence-corrected chi connectivity index (χ3v) is 8.42. The van der Waals surface area contributed by atoms with E-state index in [9.17, 15) is 0 Å². The molecule has 0 saturated carbocycles. The average Bonchev–Trinajstić information content (AvgIpc) is 3.32. The fraction of sp³-hybridized carbons (Fsp3) is 0.176. The molecule has 7 aromatic rings. The summed E-state index contributed by atoms with van der Waals surface area (Å²) >= 11 is 0. The molecule has 176 valence electrons. The van der Waals surface area contributed by atoms with Crippen LogP contribution in [0.25, 0.3) is 90.5 Å². The maximum absolute atomic E-state index is 4.52. The van der Waals surface area contributed by atoms with E-state index in [-0.39, 0.29) is 5.41 Å². The molecule has 0 spiro atoms. The van der Waals surface area contributed by atoms with Crippen molar-refractivity contribution >= 4 is 90.5 Å². The molecule has 0 N–H and O–H groups in total. The Kier molecular flexibility index (Phi) is 3.89. The Hall–Kier alpha value is -4.04. The molecule has 2 heteroatoms. The first-order valence-electron chi connectivity index (χ1n) is 12.7. The van der Waals surface area contributed by atoms with Crippen LogP contribution in [-0.2, 0) is 11.8 Å². The highest BCUT2D eigenvalue weighted by atomic mass is 14.9. The summed E-state index contributed by atoms with van der Waals surface area (Å²) < 4.78 is 4.30. The van der Waals surface area contributed by atoms with Gasteiger partial charge in [-0.05, 0) is 68.8 Å². The van der Waals surface area contributed by atoms with Crippen LogP contribution in [0.5, 0.6) is 0 Å². The number of fused-ring (bicyclic) bond motifs is 2. The molecule has 2 heterocycles. The van der Waals surface area contributed by atoms with Crippen molar-refractivity contribution in [3.05, 3.63) is 71.4 Å². The third kappa shape index (κ3) is 2.24. The normalized spacial score (nSPS) is 13.0. The molecule has 2 nitrogen and oxygen atoms in total. The molecule has 0 bridgehead atoms. The average molecular weight is 467 g/mol. The maximum atomic E-state index is 4.52. The highest BCUT2D eigenvalue weighted by Gasteiger charge is 2.27. The molecule has 7 rings (SSSR count). The van der Waals surface area contributed by atoms with Crippen LogP contribution in [-0.4, -0.2) is 9.13 Å². The number of aromatic nitrogens is 2. The van der Waals surface area contributed by atoms with Crippen molar-refractivity contribution in [2.45, 2.75) is 39.5 Å². The molecule has 0 aliphatic carbocycles.